The van der Waals surface area contributed by atoms with Crippen LogP contribution in [0.4, 0.5) is 0 Å². The van der Waals surface area contributed by atoms with Crippen molar-refractivity contribution in [1.29, 1.82) is 0 Å². The van der Waals surface area contributed by atoms with E-state index in [1.807, 2.05) is 25.1 Å². The van der Waals surface area contributed by atoms with Crippen molar-refractivity contribution in [1.82, 2.24) is 5.32 Å². The molecule has 0 spiro atoms. The van der Waals surface area contributed by atoms with Crippen LogP contribution in [0, 0.1) is 6.92 Å². The topological polar surface area (TPSA) is 94.8 Å². The molecule has 0 saturated heterocycles. The Morgan fingerprint density at radius 2 is 1.88 bits per heavy atom. The zero-order valence-corrected chi connectivity index (χ0v) is 18.5. The Kier molecular flexibility index (Phi) is 7.65. The van der Waals surface area contributed by atoms with E-state index >= 15 is 0 Å². The number of amides is 1. The quantitative estimate of drug-likeness (QED) is 0.309. The van der Waals surface area contributed by atoms with E-state index in [2.05, 4.69) is 19.2 Å². The van der Waals surface area contributed by atoms with E-state index in [1.165, 1.54) is 11.6 Å². The molecule has 0 fully saturated rings. The highest BCUT2D eigenvalue weighted by molar-refractivity contribution is 5.96. The molecule has 7 nitrogen and oxygen atoms in total. The van der Waals surface area contributed by atoms with Crippen molar-refractivity contribution in [3.05, 3.63) is 75.6 Å². The number of nitrogens with one attached hydrogen (secondary N) is 1. The largest absolute Gasteiger partial charge is 0.482 e. The average molecular weight is 437 g/mol. The Bertz CT molecular complexity index is 1160. The molecule has 0 aliphatic carbocycles. The number of ether oxygens (including phenoxy) is 2. The molecule has 0 aliphatic rings. The normalized spacial score (nSPS) is 10.9. The van der Waals surface area contributed by atoms with Gasteiger partial charge in [0.25, 0.3) is 5.91 Å². The number of carbonyl (C=O) groups excluding carboxylic acids is 2. The molecule has 1 N–H and O–H groups in total. The van der Waals surface area contributed by atoms with Crippen molar-refractivity contribution < 1.29 is 23.5 Å². The first-order valence-electron chi connectivity index (χ1n) is 10.5. The van der Waals surface area contributed by atoms with Gasteiger partial charge < -0.3 is 19.2 Å². The Morgan fingerprint density at radius 1 is 1.09 bits per heavy atom. The predicted octanol–water partition coefficient (Wildman–Crippen LogP) is 3.97. The van der Waals surface area contributed by atoms with E-state index in [0.717, 1.165) is 5.56 Å². The van der Waals surface area contributed by atoms with E-state index in [0.29, 0.717) is 29.1 Å². The molecule has 1 amide bonds. The molecule has 1 heterocycles. The summed E-state index contributed by atoms with van der Waals surface area (Å²) in [5.41, 5.74) is 2.02. The number of rotatable bonds is 9. The summed E-state index contributed by atoms with van der Waals surface area (Å²) in [4.78, 5) is 36.1. The highest BCUT2D eigenvalue weighted by Gasteiger charge is 2.13. The molecule has 1 aromatic heterocycles. The number of hydrogen-bond acceptors (Lipinski definition) is 6. The first-order valence-corrected chi connectivity index (χ1v) is 10.5. The minimum Gasteiger partial charge on any atom is -0.482 e. The molecule has 7 heteroatoms. The summed E-state index contributed by atoms with van der Waals surface area (Å²) in [5.74, 6) is 0.0205. The second kappa shape index (κ2) is 10.6. The first-order chi connectivity index (χ1) is 15.3. The highest BCUT2D eigenvalue weighted by Crippen LogP contribution is 2.23. The van der Waals surface area contributed by atoms with Gasteiger partial charge in [0.15, 0.2) is 6.61 Å². The number of esters is 1. The fourth-order valence-corrected chi connectivity index (χ4v) is 3.35. The van der Waals surface area contributed by atoms with E-state index in [9.17, 15) is 14.4 Å². The molecule has 0 saturated carbocycles. The third kappa shape index (κ3) is 5.97. The molecule has 0 aliphatic heterocycles. The molecule has 0 radical (unpaired) electrons. The van der Waals surface area contributed by atoms with Gasteiger partial charge in [0.1, 0.15) is 16.9 Å². The van der Waals surface area contributed by atoms with Crippen molar-refractivity contribution in [3.63, 3.8) is 0 Å². The SMILES string of the molecule is Cc1cc(OCC(=O)OCCCNC(=O)c2cc3ccccc3oc2=O)ccc1C(C)C. The Hall–Kier alpha value is -3.61. The Balaban J connectivity index is 1.38. The lowest BCUT2D eigenvalue weighted by Crippen LogP contribution is -2.29. The van der Waals surface area contributed by atoms with Crippen LogP contribution in [0.15, 0.2) is 57.7 Å². The van der Waals surface area contributed by atoms with E-state index in [-0.39, 0.29) is 25.3 Å². The molecule has 32 heavy (non-hydrogen) atoms. The number of carbonyl (C=O) groups is 2. The molecule has 2 aromatic carbocycles. The summed E-state index contributed by atoms with van der Waals surface area (Å²) in [7, 11) is 0. The number of para-hydroxylation sites is 1. The van der Waals surface area contributed by atoms with Crippen molar-refractivity contribution in [2.24, 2.45) is 0 Å². The summed E-state index contributed by atoms with van der Waals surface area (Å²) < 4.78 is 15.8. The van der Waals surface area contributed by atoms with Crippen LogP contribution in [-0.2, 0) is 9.53 Å². The van der Waals surface area contributed by atoms with Crippen LogP contribution >= 0.6 is 0 Å². The third-order valence-electron chi connectivity index (χ3n) is 4.98. The lowest BCUT2D eigenvalue weighted by Gasteiger charge is -2.12. The van der Waals surface area contributed by atoms with Crippen LogP contribution in [-0.4, -0.2) is 31.6 Å². The van der Waals surface area contributed by atoms with Crippen LogP contribution in [0.2, 0.25) is 0 Å². The number of aryl methyl sites for hydroxylation is 1. The molecular formula is C25H27NO6. The second-order valence-corrected chi connectivity index (χ2v) is 7.78. The lowest BCUT2D eigenvalue weighted by molar-refractivity contribution is -0.146. The Morgan fingerprint density at radius 3 is 2.62 bits per heavy atom. The van der Waals surface area contributed by atoms with Gasteiger partial charge >= 0.3 is 11.6 Å². The summed E-state index contributed by atoms with van der Waals surface area (Å²) >= 11 is 0. The molecule has 3 aromatic rings. The van der Waals surface area contributed by atoms with Gasteiger partial charge in [-0.2, -0.15) is 0 Å². The maximum atomic E-state index is 12.3. The van der Waals surface area contributed by atoms with Gasteiger partial charge in [0.2, 0.25) is 0 Å². The number of fused-ring (bicyclic) bond motifs is 1. The molecule has 0 unspecified atom stereocenters. The smallest absolute Gasteiger partial charge is 0.349 e. The maximum absolute atomic E-state index is 12.3. The van der Waals surface area contributed by atoms with Gasteiger partial charge in [0, 0.05) is 11.9 Å². The van der Waals surface area contributed by atoms with Gasteiger partial charge in [0.05, 0.1) is 6.61 Å². The lowest BCUT2D eigenvalue weighted by atomic mass is 9.98. The van der Waals surface area contributed by atoms with E-state index < -0.39 is 17.5 Å². The van der Waals surface area contributed by atoms with Crippen molar-refractivity contribution in [2.45, 2.75) is 33.1 Å². The molecule has 168 valence electrons. The van der Waals surface area contributed by atoms with Crippen LogP contribution in [0.1, 0.15) is 47.7 Å². The maximum Gasteiger partial charge on any atom is 0.349 e. The van der Waals surface area contributed by atoms with Crippen LogP contribution in [0.3, 0.4) is 0 Å². The number of hydrogen-bond donors (Lipinski definition) is 1. The second-order valence-electron chi connectivity index (χ2n) is 7.78. The predicted molar refractivity (Wildman–Crippen MR) is 121 cm³/mol. The van der Waals surface area contributed by atoms with Crippen LogP contribution in [0.5, 0.6) is 5.75 Å². The summed E-state index contributed by atoms with van der Waals surface area (Å²) in [5, 5.41) is 3.30. The Labute approximate surface area is 186 Å². The summed E-state index contributed by atoms with van der Waals surface area (Å²) in [6, 6.07) is 14.2. The highest BCUT2D eigenvalue weighted by atomic mass is 16.6. The minimum atomic E-state index is -0.693. The fourth-order valence-electron chi connectivity index (χ4n) is 3.35. The third-order valence-corrected chi connectivity index (χ3v) is 4.98. The summed E-state index contributed by atoms with van der Waals surface area (Å²) in [6.07, 6.45) is 0.401. The summed E-state index contributed by atoms with van der Waals surface area (Å²) in [6.45, 7) is 6.44. The average Bonchev–Trinajstić information content (AvgIpc) is 2.76. The zero-order chi connectivity index (χ0) is 23.1. The van der Waals surface area contributed by atoms with Gasteiger partial charge in [-0.3, -0.25) is 4.79 Å². The first kappa shape index (κ1) is 23.1. The minimum absolute atomic E-state index is 0.0622. The van der Waals surface area contributed by atoms with Crippen LogP contribution in [0.25, 0.3) is 11.0 Å². The van der Waals surface area contributed by atoms with Gasteiger partial charge in [-0.1, -0.05) is 38.1 Å². The molecular weight excluding hydrogens is 410 g/mol. The van der Waals surface area contributed by atoms with Crippen molar-refractivity contribution in [2.75, 3.05) is 19.8 Å². The molecule has 0 bridgehead atoms. The fraction of sp³-hybridized carbons (Fsp3) is 0.320. The van der Waals surface area contributed by atoms with E-state index in [4.69, 9.17) is 13.9 Å². The standard InChI is InChI=1S/C25H27NO6/c1-16(2)20-10-9-19(13-17(20)3)31-15-23(27)30-12-6-11-26-24(28)21-14-18-7-4-5-8-22(18)32-25(21)29/h4-5,7-10,13-14,16H,6,11-12,15H2,1-3H3,(H,26,28). The van der Waals surface area contributed by atoms with Crippen LogP contribution < -0.4 is 15.7 Å². The molecule has 3 rings (SSSR count). The van der Waals surface area contributed by atoms with Gasteiger partial charge in [-0.25, -0.2) is 9.59 Å². The van der Waals surface area contributed by atoms with Crippen molar-refractivity contribution >= 4 is 22.8 Å². The van der Waals surface area contributed by atoms with E-state index in [1.54, 1.807) is 24.3 Å². The zero-order valence-electron chi connectivity index (χ0n) is 18.5. The monoisotopic (exact) mass is 437 g/mol. The van der Waals surface area contributed by atoms with Crippen molar-refractivity contribution in [3.8, 4) is 5.75 Å². The molecule has 0 atom stereocenters. The van der Waals surface area contributed by atoms with Gasteiger partial charge in [-0.15, -0.1) is 0 Å². The number of benzene rings is 2. The van der Waals surface area contributed by atoms with Gasteiger partial charge in [-0.05, 0) is 54.7 Å².